The molecule has 4 heteroatoms. The van der Waals surface area contributed by atoms with Gasteiger partial charge in [0.2, 0.25) is 0 Å². The molecule has 0 amide bonds. The number of hydrogen-bond acceptors (Lipinski definition) is 3. The third-order valence-electron chi connectivity index (χ3n) is 0.833. The van der Waals surface area contributed by atoms with Gasteiger partial charge in [-0.05, 0) is 0 Å². The van der Waals surface area contributed by atoms with Gasteiger partial charge >= 0.3 is 0 Å². The number of aromatic amines is 1. The molecular weight excluding hydrogens is 118 g/mol. The summed E-state index contributed by atoms with van der Waals surface area (Å²) >= 11 is 0. The lowest BCUT2D eigenvalue weighted by atomic mass is 10.4. The fraction of sp³-hybridized carbons (Fsp3) is 0.200. The van der Waals surface area contributed by atoms with E-state index in [-0.39, 0.29) is 0 Å². The second-order valence-corrected chi connectivity index (χ2v) is 1.44. The Morgan fingerprint density at radius 1 is 1.89 bits per heavy atom. The van der Waals surface area contributed by atoms with Gasteiger partial charge in [0.1, 0.15) is 12.3 Å². The third-order valence-corrected chi connectivity index (χ3v) is 0.833. The molecule has 9 heavy (non-hydrogen) atoms. The van der Waals surface area contributed by atoms with Crippen LogP contribution in [0.4, 0.5) is 0 Å². The summed E-state index contributed by atoms with van der Waals surface area (Å²) < 4.78 is 0. The summed E-state index contributed by atoms with van der Waals surface area (Å²) in [6.45, 7) is 0. The van der Waals surface area contributed by atoms with E-state index in [0.29, 0.717) is 12.2 Å². The van der Waals surface area contributed by atoms with E-state index in [1.165, 1.54) is 12.4 Å². The molecule has 46 valence electrons. The fourth-order valence-electron chi connectivity index (χ4n) is 0.467. The highest BCUT2D eigenvalue weighted by molar-refractivity contribution is 5.45. The molecule has 0 radical (unpaired) electrons. The Hall–Kier alpha value is -1.41. The molecule has 0 saturated carbocycles. The maximum atomic E-state index is 9.65. The zero-order valence-electron chi connectivity index (χ0n) is 4.66. The van der Waals surface area contributed by atoms with Crippen LogP contribution in [0.3, 0.4) is 0 Å². The van der Waals surface area contributed by atoms with E-state index in [2.05, 4.69) is 15.2 Å². The van der Waals surface area contributed by atoms with Crippen LogP contribution in [0.25, 0.3) is 0 Å². The average Bonchev–Trinajstić information content (AvgIpc) is 2.34. The van der Waals surface area contributed by atoms with Gasteiger partial charge in [-0.2, -0.15) is 5.10 Å². The molecule has 0 aliphatic rings. The van der Waals surface area contributed by atoms with Crippen LogP contribution < -0.4 is 0 Å². The maximum Gasteiger partial charge on any atom is 0.154 e. The first-order valence-electron chi connectivity index (χ1n) is 2.47. The number of rotatable bonds is 2. The van der Waals surface area contributed by atoms with Crippen molar-refractivity contribution in [3.63, 3.8) is 0 Å². The second-order valence-electron chi connectivity index (χ2n) is 1.44. The van der Waals surface area contributed by atoms with Crippen LogP contribution in [-0.4, -0.2) is 21.1 Å². The van der Waals surface area contributed by atoms with Crippen LogP contribution in [0.1, 0.15) is 5.82 Å². The summed E-state index contributed by atoms with van der Waals surface area (Å²) in [5.74, 6) is 2.25. The molecule has 1 N–H and O–H groups in total. The van der Waals surface area contributed by atoms with E-state index >= 15 is 0 Å². The van der Waals surface area contributed by atoms with Crippen molar-refractivity contribution in [1.82, 2.24) is 15.2 Å². The Kier molecular flexibility index (Phi) is 1.77. The minimum atomic E-state index is 0.451. The molecule has 0 aliphatic carbocycles. The van der Waals surface area contributed by atoms with Crippen LogP contribution in [0.5, 0.6) is 0 Å². The number of aromatic nitrogens is 3. The Balaban J connectivity index is 2.57. The summed E-state index contributed by atoms with van der Waals surface area (Å²) in [7, 11) is 0. The van der Waals surface area contributed by atoms with Gasteiger partial charge in [0.25, 0.3) is 0 Å². The maximum absolute atomic E-state index is 9.65. The number of carbonyl (C=O) groups excluding carboxylic acids is 1. The van der Waals surface area contributed by atoms with Crippen LogP contribution in [0, 0.1) is 0 Å². The molecule has 1 aromatic rings. The molecule has 1 heterocycles. The zero-order chi connectivity index (χ0) is 6.53. The summed E-state index contributed by atoms with van der Waals surface area (Å²) in [6, 6.07) is 0. The van der Waals surface area contributed by atoms with E-state index in [9.17, 15) is 4.79 Å². The van der Waals surface area contributed by atoms with Crippen molar-refractivity contribution in [3.8, 4) is 0 Å². The largest absolute Gasteiger partial charge is 0.266 e. The minimum Gasteiger partial charge on any atom is -0.266 e. The van der Waals surface area contributed by atoms with E-state index in [0.717, 1.165) is 0 Å². The van der Waals surface area contributed by atoms with Crippen LogP contribution in [-0.2, 0) is 11.2 Å². The molecule has 0 saturated heterocycles. The lowest BCUT2D eigenvalue weighted by molar-refractivity contribution is 0.568. The zero-order valence-corrected chi connectivity index (χ0v) is 4.66. The standard InChI is InChI=1S/C5H5N3O/c9-3-1-2-5-6-4-7-8-5/h1,4H,2H2,(H,6,7,8). The minimum absolute atomic E-state index is 0.451. The first-order chi connectivity index (χ1) is 4.43. The van der Waals surface area contributed by atoms with Gasteiger partial charge in [-0.3, -0.25) is 5.10 Å². The van der Waals surface area contributed by atoms with E-state index in [1.807, 2.05) is 0 Å². The van der Waals surface area contributed by atoms with Crippen molar-refractivity contribution in [2.24, 2.45) is 0 Å². The smallest absolute Gasteiger partial charge is 0.154 e. The van der Waals surface area contributed by atoms with Crippen LogP contribution >= 0.6 is 0 Å². The first-order valence-corrected chi connectivity index (χ1v) is 2.47. The lowest BCUT2D eigenvalue weighted by Gasteiger charge is -1.76. The molecule has 0 aliphatic heterocycles. The van der Waals surface area contributed by atoms with Crippen molar-refractivity contribution in [2.75, 3.05) is 0 Å². The predicted octanol–water partition coefficient (Wildman–Crippen LogP) is -0.265. The van der Waals surface area contributed by atoms with Gasteiger partial charge < -0.3 is 0 Å². The summed E-state index contributed by atoms with van der Waals surface area (Å²) in [5.41, 5.74) is 0. The summed E-state index contributed by atoms with van der Waals surface area (Å²) in [6.07, 6.45) is 3.25. The Morgan fingerprint density at radius 2 is 2.78 bits per heavy atom. The van der Waals surface area contributed by atoms with Crippen molar-refractivity contribution >= 4 is 5.94 Å². The monoisotopic (exact) mass is 123 g/mol. The molecule has 0 fully saturated rings. The van der Waals surface area contributed by atoms with E-state index in [1.54, 1.807) is 5.94 Å². The molecule has 0 bridgehead atoms. The highest BCUT2D eigenvalue weighted by Crippen LogP contribution is 1.84. The van der Waals surface area contributed by atoms with Gasteiger partial charge in [-0.25, -0.2) is 9.78 Å². The quantitative estimate of drug-likeness (QED) is 0.551. The van der Waals surface area contributed by atoms with Gasteiger partial charge in [0.15, 0.2) is 5.82 Å². The van der Waals surface area contributed by atoms with Crippen LogP contribution in [0.2, 0.25) is 0 Å². The van der Waals surface area contributed by atoms with Crippen molar-refractivity contribution < 1.29 is 4.79 Å². The van der Waals surface area contributed by atoms with Gasteiger partial charge in [0, 0.05) is 12.5 Å². The number of nitrogens with one attached hydrogen (secondary N) is 1. The molecule has 0 unspecified atom stereocenters. The average molecular weight is 123 g/mol. The predicted molar refractivity (Wildman–Crippen MR) is 30.4 cm³/mol. The van der Waals surface area contributed by atoms with Crippen molar-refractivity contribution in [1.29, 1.82) is 0 Å². The van der Waals surface area contributed by atoms with E-state index in [4.69, 9.17) is 0 Å². The first kappa shape index (κ1) is 5.72. The lowest BCUT2D eigenvalue weighted by Crippen LogP contribution is -1.82. The molecule has 1 rings (SSSR count). The molecular formula is C5H5N3O. The highest BCUT2D eigenvalue weighted by Gasteiger charge is 1.89. The molecule has 1 aromatic heterocycles. The Bertz CT molecular complexity index is 210. The van der Waals surface area contributed by atoms with Crippen LogP contribution in [0.15, 0.2) is 12.4 Å². The van der Waals surface area contributed by atoms with Gasteiger partial charge in [-0.15, -0.1) is 0 Å². The number of H-pyrrole nitrogens is 1. The third kappa shape index (κ3) is 1.51. The summed E-state index contributed by atoms with van der Waals surface area (Å²) in [5, 5.41) is 6.24. The van der Waals surface area contributed by atoms with Crippen molar-refractivity contribution in [3.05, 3.63) is 18.2 Å². The van der Waals surface area contributed by atoms with Crippen molar-refractivity contribution in [2.45, 2.75) is 6.42 Å². The number of nitrogens with zero attached hydrogens (tertiary/aromatic N) is 2. The van der Waals surface area contributed by atoms with E-state index < -0.39 is 0 Å². The SMILES string of the molecule is O=C=CCc1nc[nH]n1. The normalized spacial score (nSPS) is 8.44. The second kappa shape index (κ2) is 2.79. The Morgan fingerprint density at radius 3 is 3.33 bits per heavy atom. The summed E-state index contributed by atoms with van der Waals surface area (Å²) in [4.78, 5) is 13.4. The number of allylic oxidation sites excluding steroid dienone is 1. The Labute approximate surface area is 51.6 Å². The molecule has 0 spiro atoms. The molecule has 0 aromatic carbocycles. The molecule has 0 atom stereocenters. The van der Waals surface area contributed by atoms with Gasteiger partial charge in [0.05, 0.1) is 0 Å². The van der Waals surface area contributed by atoms with Gasteiger partial charge in [-0.1, -0.05) is 0 Å². The molecule has 4 nitrogen and oxygen atoms in total. The number of hydrogen-bond donors (Lipinski definition) is 1. The topological polar surface area (TPSA) is 58.6 Å². The fourth-order valence-corrected chi connectivity index (χ4v) is 0.467. The highest BCUT2D eigenvalue weighted by atomic mass is 16.1.